The summed E-state index contributed by atoms with van der Waals surface area (Å²) in [6.07, 6.45) is 2.38. The molecular formula is C22H32N4O2. The predicted octanol–water partition coefficient (Wildman–Crippen LogP) is 3.80. The van der Waals surface area contributed by atoms with Gasteiger partial charge >= 0.3 is 0 Å². The van der Waals surface area contributed by atoms with E-state index in [2.05, 4.69) is 65.1 Å². The number of aromatic nitrogens is 1. The zero-order valence-corrected chi connectivity index (χ0v) is 17.1. The van der Waals surface area contributed by atoms with Crippen LogP contribution in [-0.4, -0.2) is 36.3 Å². The second-order valence-electron chi connectivity index (χ2n) is 8.23. The number of hydrazine groups is 1. The van der Waals surface area contributed by atoms with Crippen LogP contribution in [0, 0.1) is 5.92 Å². The van der Waals surface area contributed by atoms with Crippen LogP contribution >= 0.6 is 0 Å². The van der Waals surface area contributed by atoms with Gasteiger partial charge in [-0.2, -0.15) is 0 Å². The van der Waals surface area contributed by atoms with Crippen LogP contribution in [0.5, 0.6) is 5.75 Å². The number of rotatable bonds is 7. The van der Waals surface area contributed by atoms with E-state index in [0.717, 1.165) is 43.3 Å². The normalized spacial score (nSPS) is 25.6. The molecule has 0 amide bonds. The van der Waals surface area contributed by atoms with Crippen molar-refractivity contribution in [2.24, 2.45) is 5.92 Å². The fourth-order valence-corrected chi connectivity index (χ4v) is 4.41. The molecule has 3 heterocycles. The van der Waals surface area contributed by atoms with Crippen LogP contribution in [-0.2, 0) is 0 Å². The average molecular weight is 385 g/mol. The highest BCUT2D eigenvalue weighted by Gasteiger charge is 2.35. The summed E-state index contributed by atoms with van der Waals surface area (Å²) in [7, 11) is 0. The van der Waals surface area contributed by atoms with Gasteiger partial charge in [-0.15, -0.1) is 0 Å². The Balaban J connectivity index is 1.44. The molecule has 6 nitrogen and oxygen atoms in total. The molecule has 2 aliphatic heterocycles. The van der Waals surface area contributed by atoms with E-state index >= 15 is 0 Å². The molecule has 1 aromatic heterocycles. The number of nitrogens with one attached hydrogen (secondary N) is 2. The maximum Gasteiger partial charge on any atom is 0.139 e. The highest BCUT2D eigenvalue weighted by atomic mass is 16.5. The number of likely N-dealkylation sites (tertiary alicyclic amines) is 1. The van der Waals surface area contributed by atoms with Crippen LogP contribution in [0.3, 0.4) is 0 Å². The van der Waals surface area contributed by atoms with E-state index < -0.39 is 0 Å². The lowest BCUT2D eigenvalue weighted by molar-refractivity contribution is 0.203. The summed E-state index contributed by atoms with van der Waals surface area (Å²) >= 11 is 0. The summed E-state index contributed by atoms with van der Waals surface area (Å²) < 4.78 is 11.1. The van der Waals surface area contributed by atoms with Crippen LogP contribution in [0.1, 0.15) is 68.6 Å². The van der Waals surface area contributed by atoms with Crippen LogP contribution in [0.4, 0.5) is 0 Å². The molecule has 0 saturated carbocycles. The molecule has 0 bridgehead atoms. The monoisotopic (exact) mass is 384 g/mol. The van der Waals surface area contributed by atoms with E-state index in [1.165, 1.54) is 12.0 Å². The van der Waals surface area contributed by atoms with Crippen molar-refractivity contribution in [1.29, 1.82) is 0 Å². The van der Waals surface area contributed by atoms with E-state index in [1.807, 2.05) is 6.92 Å². The van der Waals surface area contributed by atoms with Crippen LogP contribution < -0.4 is 15.6 Å². The first kappa shape index (κ1) is 19.4. The molecule has 2 aromatic rings. The Bertz CT molecular complexity index is 758. The Labute approximate surface area is 167 Å². The quantitative estimate of drug-likeness (QED) is 0.757. The van der Waals surface area contributed by atoms with Gasteiger partial charge in [-0.25, -0.2) is 5.43 Å². The van der Waals surface area contributed by atoms with E-state index in [-0.39, 0.29) is 0 Å². The molecule has 3 unspecified atom stereocenters. The molecule has 6 heteroatoms. The van der Waals surface area contributed by atoms with Crippen molar-refractivity contribution >= 4 is 0 Å². The lowest BCUT2D eigenvalue weighted by Gasteiger charge is -2.28. The van der Waals surface area contributed by atoms with Crippen molar-refractivity contribution in [1.82, 2.24) is 20.9 Å². The van der Waals surface area contributed by atoms with E-state index in [1.54, 1.807) is 0 Å². The molecule has 2 saturated heterocycles. The number of hydrogen-bond donors (Lipinski definition) is 2. The largest absolute Gasteiger partial charge is 0.494 e. The van der Waals surface area contributed by atoms with E-state index in [4.69, 9.17) is 9.26 Å². The number of hydrogen-bond acceptors (Lipinski definition) is 6. The topological polar surface area (TPSA) is 62.6 Å². The Morgan fingerprint density at radius 1 is 1.29 bits per heavy atom. The van der Waals surface area contributed by atoms with Gasteiger partial charge < -0.3 is 9.26 Å². The van der Waals surface area contributed by atoms with Crippen LogP contribution in [0.25, 0.3) is 0 Å². The summed E-state index contributed by atoms with van der Waals surface area (Å²) in [5.74, 6) is 2.80. The Morgan fingerprint density at radius 2 is 2.11 bits per heavy atom. The second kappa shape index (κ2) is 8.64. The lowest BCUT2D eigenvalue weighted by atomic mass is 9.94. The zero-order chi connectivity index (χ0) is 19.5. The van der Waals surface area contributed by atoms with Crippen LogP contribution in [0.2, 0.25) is 0 Å². The highest BCUT2D eigenvalue weighted by Crippen LogP contribution is 2.35. The number of ether oxygens (including phenoxy) is 1. The Kier molecular flexibility index (Phi) is 5.99. The minimum Gasteiger partial charge on any atom is -0.494 e. The van der Waals surface area contributed by atoms with Crippen molar-refractivity contribution in [3.8, 4) is 5.75 Å². The average Bonchev–Trinajstić information content (AvgIpc) is 3.43. The van der Waals surface area contributed by atoms with Gasteiger partial charge in [-0.3, -0.25) is 10.3 Å². The lowest BCUT2D eigenvalue weighted by Crippen LogP contribution is -2.33. The predicted molar refractivity (Wildman–Crippen MR) is 109 cm³/mol. The molecule has 0 spiro atoms. The van der Waals surface area contributed by atoms with Gasteiger partial charge in [0.2, 0.25) is 0 Å². The molecule has 1 aromatic carbocycles. The second-order valence-corrected chi connectivity index (χ2v) is 8.23. The van der Waals surface area contributed by atoms with Gasteiger partial charge in [0.25, 0.3) is 0 Å². The molecule has 2 fully saturated rings. The molecule has 4 rings (SSSR count). The molecule has 0 aliphatic carbocycles. The Hall–Kier alpha value is -1.89. The molecular weight excluding hydrogens is 352 g/mol. The first-order valence-corrected chi connectivity index (χ1v) is 10.6. The SMILES string of the molecule is CCOc1ccc(C2NNCC2CN2CCCC2c2cc(C(C)C)on2)cc1. The van der Waals surface area contributed by atoms with Crippen molar-refractivity contribution < 1.29 is 9.26 Å². The van der Waals surface area contributed by atoms with Gasteiger partial charge in [-0.1, -0.05) is 31.1 Å². The summed E-state index contributed by atoms with van der Waals surface area (Å²) in [6.45, 7) is 10.1. The first-order valence-electron chi connectivity index (χ1n) is 10.6. The smallest absolute Gasteiger partial charge is 0.139 e. The summed E-state index contributed by atoms with van der Waals surface area (Å²) in [5, 5.41) is 4.39. The fourth-order valence-electron chi connectivity index (χ4n) is 4.41. The van der Waals surface area contributed by atoms with Crippen molar-refractivity contribution in [3.63, 3.8) is 0 Å². The summed E-state index contributed by atoms with van der Waals surface area (Å²) in [5.41, 5.74) is 9.24. The van der Waals surface area contributed by atoms with Gasteiger partial charge in [0.1, 0.15) is 17.2 Å². The number of benzene rings is 1. The zero-order valence-electron chi connectivity index (χ0n) is 17.1. The maximum atomic E-state index is 5.58. The summed E-state index contributed by atoms with van der Waals surface area (Å²) in [6, 6.07) is 11.3. The van der Waals surface area contributed by atoms with Crippen LogP contribution in [0.15, 0.2) is 34.9 Å². The summed E-state index contributed by atoms with van der Waals surface area (Å²) in [4.78, 5) is 2.59. The van der Waals surface area contributed by atoms with E-state index in [9.17, 15) is 0 Å². The molecule has 28 heavy (non-hydrogen) atoms. The van der Waals surface area contributed by atoms with Gasteiger partial charge in [-0.05, 0) is 44.0 Å². The maximum absolute atomic E-state index is 5.58. The Morgan fingerprint density at radius 3 is 2.82 bits per heavy atom. The van der Waals surface area contributed by atoms with E-state index in [0.29, 0.717) is 30.5 Å². The van der Waals surface area contributed by atoms with Crippen molar-refractivity contribution in [3.05, 3.63) is 47.3 Å². The molecule has 152 valence electrons. The first-order chi connectivity index (χ1) is 13.7. The van der Waals surface area contributed by atoms with Crippen molar-refractivity contribution in [2.45, 2.75) is 51.6 Å². The van der Waals surface area contributed by atoms with Gasteiger partial charge in [0.05, 0.1) is 18.7 Å². The number of nitrogens with zero attached hydrogens (tertiary/aromatic N) is 2. The fraction of sp³-hybridized carbons (Fsp3) is 0.591. The highest BCUT2D eigenvalue weighted by molar-refractivity contribution is 5.30. The standard InChI is InChI=1S/C22H32N4O2/c1-4-27-18-9-7-16(8-10-18)22-17(13-23-24-22)14-26-11-5-6-20(26)19-12-21(15(2)3)28-25-19/h7-10,12,15,17,20,22-24H,4-6,11,13-14H2,1-3H3. The van der Waals surface area contributed by atoms with Gasteiger partial charge in [0, 0.05) is 31.0 Å². The third-order valence-corrected chi connectivity index (χ3v) is 5.93. The third-order valence-electron chi connectivity index (χ3n) is 5.93. The minimum absolute atomic E-state index is 0.306. The minimum atomic E-state index is 0.306. The third kappa shape index (κ3) is 4.09. The molecule has 2 aliphatic rings. The van der Waals surface area contributed by atoms with Crippen molar-refractivity contribution in [2.75, 3.05) is 26.2 Å². The van der Waals surface area contributed by atoms with Gasteiger partial charge in [0.15, 0.2) is 0 Å². The molecule has 0 radical (unpaired) electrons. The molecule has 2 N–H and O–H groups in total. The molecule has 3 atom stereocenters.